The minimum Gasteiger partial charge on any atom is -0.481 e. The van der Waals surface area contributed by atoms with E-state index in [0.717, 1.165) is 5.56 Å². The van der Waals surface area contributed by atoms with Gasteiger partial charge in [0.05, 0.1) is 19.6 Å². The van der Waals surface area contributed by atoms with Crippen LogP contribution in [-0.2, 0) is 12.8 Å². The van der Waals surface area contributed by atoms with E-state index in [2.05, 4.69) is 15.1 Å². The van der Waals surface area contributed by atoms with Crippen molar-refractivity contribution in [1.29, 1.82) is 0 Å². The number of aliphatic hydroxyl groups excluding tert-OH is 1. The van der Waals surface area contributed by atoms with Gasteiger partial charge in [-0.25, -0.2) is 4.98 Å². The van der Waals surface area contributed by atoms with Gasteiger partial charge in [0, 0.05) is 18.7 Å². The molecule has 0 aliphatic heterocycles. The first-order valence-electron chi connectivity index (χ1n) is 6.57. The van der Waals surface area contributed by atoms with Crippen molar-refractivity contribution < 1.29 is 14.4 Å². The lowest BCUT2D eigenvalue weighted by molar-refractivity contribution is 0.116. The number of rotatable bonds is 6. The van der Waals surface area contributed by atoms with Crippen molar-refractivity contribution >= 4 is 0 Å². The lowest BCUT2D eigenvalue weighted by Crippen LogP contribution is -2.17. The minimum absolute atomic E-state index is 0.163. The lowest BCUT2D eigenvalue weighted by Gasteiger charge is -2.10. The molecule has 20 heavy (non-hydrogen) atoms. The normalized spacial score (nSPS) is 12.7. The Kier molecular flexibility index (Phi) is 4.68. The zero-order valence-corrected chi connectivity index (χ0v) is 11.9. The first-order chi connectivity index (χ1) is 9.58. The van der Waals surface area contributed by atoms with Gasteiger partial charge in [-0.1, -0.05) is 25.1 Å². The van der Waals surface area contributed by atoms with Crippen LogP contribution in [0.4, 0.5) is 0 Å². The van der Waals surface area contributed by atoms with Crippen LogP contribution in [0.1, 0.15) is 31.1 Å². The van der Waals surface area contributed by atoms with Gasteiger partial charge < -0.3 is 14.4 Å². The van der Waals surface area contributed by atoms with Crippen LogP contribution in [0.15, 0.2) is 22.9 Å². The number of hydrogen-bond donors (Lipinski definition) is 1. The van der Waals surface area contributed by atoms with E-state index < -0.39 is 6.10 Å². The van der Waals surface area contributed by atoms with Gasteiger partial charge in [0.25, 0.3) is 0 Å². The van der Waals surface area contributed by atoms with Gasteiger partial charge in [0.1, 0.15) is 0 Å². The Balaban J connectivity index is 1.98. The van der Waals surface area contributed by atoms with Gasteiger partial charge in [0.15, 0.2) is 5.82 Å². The van der Waals surface area contributed by atoms with Crippen molar-refractivity contribution in [2.45, 2.75) is 32.8 Å². The van der Waals surface area contributed by atoms with E-state index >= 15 is 0 Å². The molecule has 2 aromatic heterocycles. The summed E-state index contributed by atoms with van der Waals surface area (Å²) in [6.07, 6.45) is 2.17. The molecule has 0 bridgehead atoms. The molecule has 0 saturated heterocycles. The number of methoxy groups -OCH3 is 1. The summed E-state index contributed by atoms with van der Waals surface area (Å²) in [6, 6.07) is 3.70. The van der Waals surface area contributed by atoms with E-state index in [1.165, 1.54) is 0 Å². The standard InChI is InChI=1S/C14H19N3O3/c1-9(2)11(18)7-14-16-12(17-20-14)6-10-4-5-13(19-3)15-8-10/h4-5,8-9,11,18H,6-7H2,1-3H3. The van der Waals surface area contributed by atoms with Gasteiger partial charge in [0.2, 0.25) is 11.8 Å². The molecule has 1 unspecified atom stereocenters. The summed E-state index contributed by atoms with van der Waals surface area (Å²) >= 11 is 0. The molecular formula is C14H19N3O3. The summed E-state index contributed by atoms with van der Waals surface area (Å²) in [5, 5.41) is 13.7. The molecule has 2 heterocycles. The monoisotopic (exact) mass is 277 g/mol. The Morgan fingerprint density at radius 3 is 2.75 bits per heavy atom. The smallest absolute Gasteiger partial charge is 0.229 e. The number of nitrogens with zero attached hydrogens (tertiary/aromatic N) is 3. The maximum atomic E-state index is 9.78. The Bertz CT molecular complexity index is 537. The summed E-state index contributed by atoms with van der Waals surface area (Å²) in [6.45, 7) is 3.90. The molecule has 0 fully saturated rings. The van der Waals surface area contributed by atoms with Gasteiger partial charge in [-0.15, -0.1) is 0 Å². The Morgan fingerprint density at radius 1 is 1.35 bits per heavy atom. The summed E-state index contributed by atoms with van der Waals surface area (Å²) < 4.78 is 10.1. The average Bonchev–Trinajstić information content (AvgIpc) is 2.86. The molecule has 2 aromatic rings. The third kappa shape index (κ3) is 3.77. The minimum atomic E-state index is -0.467. The fourth-order valence-corrected chi connectivity index (χ4v) is 1.68. The van der Waals surface area contributed by atoms with Crippen molar-refractivity contribution in [3.05, 3.63) is 35.6 Å². The molecule has 1 atom stereocenters. The van der Waals surface area contributed by atoms with Crippen LogP contribution >= 0.6 is 0 Å². The zero-order chi connectivity index (χ0) is 14.5. The van der Waals surface area contributed by atoms with E-state index in [4.69, 9.17) is 9.26 Å². The van der Waals surface area contributed by atoms with Crippen molar-refractivity contribution in [1.82, 2.24) is 15.1 Å². The fraction of sp³-hybridized carbons (Fsp3) is 0.500. The molecule has 108 valence electrons. The maximum absolute atomic E-state index is 9.78. The number of pyridine rings is 1. The van der Waals surface area contributed by atoms with E-state index in [1.54, 1.807) is 19.4 Å². The Hall–Kier alpha value is -1.95. The highest BCUT2D eigenvalue weighted by Crippen LogP contribution is 2.12. The van der Waals surface area contributed by atoms with Crippen LogP contribution in [0, 0.1) is 5.92 Å². The van der Waals surface area contributed by atoms with Crippen molar-refractivity contribution in [3.8, 4) is 5.88 Å². The SMILES string of the molecule is COc1ccc(Cc2noc(CC(O)C(C)C)n2)cn1. The summed E-state index contributed by atoms with van der Waals surface area (Å²) in [5.41, 5.74) is 0.975. The molecule has 0 saturated carbocycles. The predicted octanol–water partition coefficient (Wildman–Crippen LogP) is 1.62. The topological polar surface area (TPSA) is 81.3 Å². The second-order valence-electron chi connectivity index (χ2n) is 5.01. The molecule has 0 aliphatic carbocycles. The highest BCUT2D eigenvalue weighted by atomic mass is 16.5. The quantitative estimate of drug-likeness (QED) is 0.864. The Labute approximate surface area is 117 Å². The van der Waals surface area contributed by atoms with Gasteiger partial charge in [-0.3, -0.25) is 0 Å². The second kappa shape index (κ2) is 6.47. The summed E-state index contributed by atoms with van der Waals surface area (Å²) in [5.74, 6) is 1.78. The van der Waals surface area contributed by atoms with Gasteiger partial charge >= 0.3 is 0 Å². The second-order valence-corrected chi connectivity index (χ2v) is 5.01. The number of aromatic nitrogens is 3. The molecule has 0 spiro atoms. The van der Waals surface area contributed by atoms with Crippen molar-refractivity contribution in [3.63, 3.8) is 0 Å². The Morgan fingerprint density at radius 2 is 2.15 bits per heavy atom. The highest BCUT2D eigenvalue weighted by molar-refractivity contribution is 5.20. The van der Waals surface area contributed by atoms with E-state index in [1.807, 2.05) is 19.9 Å². The van der Waals surface area contributed by atoms with Crippen molar-refractivity contribution in [2.75, 3.05) is 7.11 Å². The van der Waals surface area contributed by atoms with Crippen LogP contribution in [-0.4, -0.2) is 33.4 Å². The van der Waals surface area contributed by atoms with Crippen LogP contribution in [0.25, 0.3) is 0 Å². The lowest BCUT2D eigenvalue weighted by atomic mass is 10.0. The van der Waals surface area contributed by atoms with Crippen LogP contribution in [0.2, 0.25) is 0 Å². The average molecular weight is 277 g/mol. The molecule has 0 radical (unpaired) electrons. The predicted molar refractivity (Wildman–Crippen MR) is 72.4 cm³/mol. The summed E-state index contributed by atoms with van der Waals surface area (Å²) in [7, 11) is 1.58. The molecule has 0 aromatic carbocycles. The van der Waals surface area contributed by atoms with Crippen LogP contribution in [0.5, 0.6) is 5.88 Å². The van der Waals surface area contributed by atoms with Crippen molar-refractivity contribution in [2.24, 2.45) is 5.92 Å². The first kappa shape index (κ1) is 14.5. The number of hydrogen-bond acceptors (Lipinski definition) is 6. The van der Waals surface area contributed by atoms with Gasteiger partial charge in [-0.05, 0) is 11.5 Å². The molecular weight excluding hydrogens is 258 g/mol. The third-order valence-corrected chi connectivity index (χ3v) is 3.03. The van der Waals surface area contributed by atoms with Crippen LogP contribution in [0.3, 0.4) is 0 Å². The number of aliphatic hydroxyl groups is 1. The number of ether oxygens (including phenoxy) is 1. The molecule has 2 rings (SSSR count). The summed E-state index contributed by atoms with van der Waals surface area (Å²) in [4.78, 5) is 8.40. The molecule has 1 N–H and O–H groups in total. The maximum Gasteiger partial charge on any atom is 0.229 e. The fourth-order valence-electron chi connectivity index (χ4n) is 1.68. The van der Waals surface area contributed by atoms with Crippen LogP contribution < -0.4 is 4.74 Å². The van der Waals surface area contributed by atoms with E-state index in [-0.39, 0.29) is 5.92 Å². The third-order valence-electron chi connectivity index (χ3n) is 3.03. The molecule has 6 nitrogen and oxygen atoms in total. The van der Waals surface area contributed by atoms with E-state index in [9.17, 15) is 5.11 Å². The molecule has 0 amide bonds. The zero-order valence-electron chi connectivity index (χ0n) is 11.9. The largest absolute Gasteiger partial charge is 0.481 e. The van der Waals surface area contributed by atoms with Gasteiger partial charge in [-0.2, -0.15) is 4.98 Å². The molecule has 0 aliphatic rings. The van der Waals surface area contributed by atoms with E-state index in [0.29, 0.717) is 30.4 Å². The molecule has 6 heteroatoms. The highest BCUT2D eigenvalue weighted by Gasteiger charge is 2.15. The first-order valence-corrected chi connectivity index (χ1v) is 6.57.